The predicted molar refractivity (Wildman–Crippen MR) is 135 cm³/mol. The zero-order chi connectivity index (χ0) is 24.9. The number of aryl methyl sites for hydroxylation is 2. The van der Waals surface area contributed by atoms with Gasteiger partial charge in [-0.1, -0.05) is 54.2 Å². The van der Waals surface area contributed by atoms with Crippen molar-refractivity contribution >= 4 is 23.6 Å². The van der Waals surface area contributed by atoms with Gasteiger partial charge < -0.3 is 14.6 Å². The molecule has 35 heavy (non-hydrogen) atoms. The number of hydrogen-bond acceptors (Lipinski definition) is 6. The molecule has 0 bridgehead atoms. The van der Waals surface area contributed by atoms with Crippen molar-refractivity contribution in [3.8, 4) is 11.4 Å². The second-order valence-corrected chi connectivity index (χ2v) is 8.96. The van der Waals surface area contributed by atoms with Crippen LogP contribution in [0, 0.1) is 6.92 Å². The first-order valence-electron chi connectivity index (χ1n) is 11.1. The zero-order valence-electron chi connectivity index (χ0n) is 20.1. The Morgan fingerprint density at radius 1 is 1.14 bits per heavy atom. The maximum absolute atomic E-state index is 13.4. The number of nitrogens with zero attached hydrogens (tertiary/aromatic N) is 4. The van der Waals surface area contributed by atoms with Crippen LogP contribution in [0.1, 0.15) is 38.1 Å². The van der Waals surface area contributed by atoms with Gasteiger partial charge >= 0.3 is 0 Å². The molecule has 9 heteroatoms. The lowest BCUT2D eigenvalue weighted by atomic mass is 10.0. The molecule has 0 spiro atoms. The second-order valence-electron chi connectivity index (χ2n) is 8.15. The van der Waals surface area contributed by atoms with Gasteiger partial charge in [-0.05, 0) is 36.9 Å². The maximum atomic E-state index is 13.4. The number of hydrogen-bond donors (Lipinski definition) is 1. The average Bonchev–Trinajstić information content (AvgIpc) is 3.49. The lowest BCUT2D eigenvalue weighted by Gasteiger charge is -2.29. The summed E-state index contributed by atoms with van der Waals surface area (Å²) in [6.45, 7) is 2.07. The molecule has 2 amide bonds. The number of benzene rings is 2. The van der Waals surface area contributed by atoms with Crippen LogP contribution in [-0.4, -0.2) is 51.3 Å². The number of thioether (sulfide) groups is 1. The summed E-state index contributed by atoms with van der Waals surface area (Å²) >= 11 is 1.44. The van der Waals surface area contributed by atoms with Crippen LogP contribution in [0.3, 0.4) is 0 Å². The summed E-state index contributed by atoms with van der Waals surface area (Å²) in [5.74, 6) is 0.417. The van der Waals surface area contributed by atoms with Crippen LogP contribution in [0.5, 0.6) is 0 Å². The Bertz CT molecular complexity index is 1310. The minimum Gasteiger partial charge on any atom is -0.444 e. The Hall–Kier alpha value is -3.85. The van der Waals surface area contributed by atoms with E-state index in [1.165, 1.54) is 11.8 Å². The molecule has 2 aromatic carbocycles. The SMILES string of the molecule is CSc1cc(C)c(C(=O)NCC(c2ccccc2)N(C)C(=O)c2ccc(-c3ncn(C)n3)cc2)o1. The number of nitrogens with one attached hydrogen (secondary N) is 1. The largest absolute Gasteiger partial charge is 0.444 e. The van der Waals surface area contributed by atoms with E-state index in [0.717, 1.165) is 16.7 Å². The van der Waals surface area contributed by atoms with Crippen molar-refractivity contribution in [1.82, 2.24) is 25.0 Å². The Morgan fingerprint density at radius 2 is 1.86 bits per heavy atom. The number of carbonyl (C=O) groups excluding carboxylic acids is 2. The highest BCUT2D eigenvalue weighted by Gasteiger charge is 2.25. The highest BCUT2D eigenvalue weighted by atomic mass is 32.2. The van der Waals surface area contributed by atoms with Crippen LogP contribution >= 0.6 is 11.8 Å². The molecular formula is C26H27N5O3S. The van der Waals surface area contributed by atoms with Crippen LogP contribution in [0.4, 0.5) is 0 Å². The Labute approximate surface area is 208 Å². The van der Waals surface area contributed by atoms with Gasteiger partial charge in [-0.15, -0.1) is 0 Å². The first-order valence-corrected chi connectivity index (χ1v) is 12.3. The minimum absolute atomic E-state index is 0.160. The fourth-order valence-corrected chi connectivity index (χ4v) is 4.24. The maximum Gasteiger partial charge on any atom is 0.287 e. The summed E-state index contributed by atoms with van der Waals surface area (Å²) < 4.78 is 7.28. The first-order chi connectivity index (χ1) is 16.9. The number of likely N-dealkylation sites (N-methyl/N-ethyl adjacent to an activating group) is 1. The molecule has 4 rings (SSSR count). The molecule has 8 nitrogen and oxygen atoms in total. The molecule has 0 radical (unpaired) electrons. The van der Waals surface area contributed by atoms with Gasteiger partial charge in [0.05, 0.1) is 6.04 Å². The van der Waals surface area contributed by atoms with Crippen LogP contribution < -0.4 is 5.32 Å². The lowest BCUT2D eigenvalue weighted by molar-refractivity contribution is 0.0714. The van der Waals surface area contributed by atoms with E-state index in [1.807, 2.05) is 61.7 Å². The molecule has 1 N–H and O–H groups in total. The van der Waals surface area contributed by atoms with Crippen molar-refractivity contribution in [2.24, 2.45) is 7.05 Å². The number of carbonyl (C=O) groups is 2. The van der Waals surface area contributed by atoms with Crippen LogP contribution in [0.2, 0.25) is 0 Å². The molecule has 0 aliphatic heterocycles. The van der Waals surface area contributed by atoms with Crippen LogP contribution in [-0.2, 0) is 7.05 Å². The topological polar surface area (TPSA) is 93.3 Å². The van der Waals surface area contributed by atoms with Crippen molar-refractivity contribution < 1.29 is 14.0 Å². The number of furan rings is 1. The minimum atomic E-state index is -0.375. The predicted octanol–water partition coefficient (Wildman–Crippen LogP) is 4.35. The fourth-order valence-electron chi connectivity index (χ4n) is 3.78. The third kappa shape index (κ3) is 5.46. The average molecular weight is 490 g/mol. The lowest BCUT2D eigenvalue weighted by Crippen LogP contribution is -2.39. The Kier molecular flexibility index (Phi) is 7.36. The van der Waals surface area contributed by atoms with E-state index in [0.29, 0.717) is 16.5 Å². The summed E-state index contributed by atoms with van der Waals surface area (Å²) in [5, 5.41) is 7.92. The number of rotatable bonds is 8. The number of aromatic nitrogens is 3. The highest BCUT2D eigenvalue weighted by Crippen LogP contribution is 2.24. The monoisotopic (exact) mass is 489 g/mol. The molecule has 0 saturated heterocycles. The summed E-state index contributed by atoms with van der Waals surface area (Å²) in [6.07, 6.45) is 3.53. The van der Waals surface area contributed by atoms with E-state index in [9.17, 15) is 9.59 Å². The summed E-state index contributed by atoms with van der Waals surface area (Å²) in [6, 6.07) is 18.3. The third-order valence-electron chi connectivity index (χ3n) is 5.72. The van der Waals surface area contributed by atoms with E-state index < -0.39 is 0 Å². The molecule has 2 aromatic heterocycles. The van der Waals surface area contributed by atoms with Gasteiger partial charge in [-0.3, -0.25) is 14.3 Å². The van der Waals surface area contributed by atoms with Gasteiger partial charge in [0.25, 0.3) is 11.8 Å². The Morgan fingerprint density at radius 3 is 2.46 bits per heavy atom. The van der Waals surface area contributed by atoms with E-state index in [2.05, 4.69) is 15.4 Å². The molecule has 2 heterocycles. The van der Waals surface area contributed by atoms with Crippen molar-refractivity contribution in [2.75, 3.05) is 19.8 Å². The van der Waals surface area contributed by atoms with Crippen LogP contribution in [0.15, 0.2) is 76.5 Å². The van der Waals surface area contributed by atoms with Crippen molar-refractivity contribution in [3.05, 3.63) is 89.4 Å². The van der Waals surface area contributed by atoms with Gasteiger partial charge in [0.2, 0.25) is 0 Å². The van der Waals surface area contributed by atoms with Gasteiger partial charge in [-0.25, -0.2) is 4.98 Å². The van der Waals surface area contributed by atoms with Crippen molar-refractivity contribution in [3.63, 3.8) is 0 Å². The standard InChI is InChI=1S/C26H27N5O3S/c1-17-14-22(35-4)34-23(17)25(32)27-15-21(18-8-6-5-7-9-18)31(3)26(33)20-12-10-19(11-13-20)24-28-16-30(2)29-24/h5-14,16,21H,15H2,1-4H3,(H,27,32). The summed E-state index contributed by atoms with van der Waals surface area (Å²) in [4.78, 5) is 32.1. The molecule has 4 aromatic rings. The molecule has 0 saturated carbocycles. The van der Waals surface area contributed by atoms with Gasteiger partial charge in [0.1, 0.15) is 6.33 Å². The first kappa shape index (κ1) is 24.3. The van der Waals surface area contributed by atoms with Crippen molar-refractivity contribution in [2.45, 2.75) is 18.1 Å². The van der Waals surface area contributed by atoms with Gasteiger partial charge in [0, 0.05) is 37.3 Å². The fraction of sp³-hybridized carbons (Fsp3) is 0.231. The van der Waals surface area contributed by atoms with Crippen LogP contribution in [0.25, 0.3) is 11.4 Å². The highest BCUT2D eigenvalue weighted by molar-refractivity contribution is 7.98. The second kappa shape index (κ2) is 10.6. The third-order valence-corrected chi connectivity index (χ3v) is 6.32. The van der Waals surface area contributed by atoms with E-state index in [-0.39, 0.29) is 30.2 Å². The van der Waals surface area contributed by atoms with E-state index in [4.69, 9.17) is 4.42 Å². The number of amides is 2. The summed E-state index contributed by atoms with van der Waals surface area (Å²) in [5.41, 5.74) is 3.05. The molecule has 1 unspecified atom stereocenters. The normalized spacial score (nSPS) is 11.8. The molecule has 1 atom stereocenters. The zero-order valence-corrected chi connectivity index (χ0v) is 20.9. The molecule has 0 aliphatic carbocycles. The van der Waals surface area contributed by atoms with Gasteiger partial charge in [-0.2, -0.15) is 5.10 Å². The van der Waals surface area contributed by atoms with Crippen molar-refractivity contribution in [1.29, 1.82) is 0 Å². The molecule has 0 aliphatic rings. The van der Waals surface area contributed by atoms with Gasteiger partial charge in [0.15, 0.2) is 16.7 Å². The molecule has 180 valence electrons. The Balaban J connectivity index is 1.52. The van der Waals surface area contributed by atoms with E-state index in [1.54, 1.807) is 42.1 Å². The molecule has 0 fully saturated rings. The quantitative estimate of drug-likeness (QED) is 0.370. The molecular weight excluding hydrogens is 462 g/mol. The smallest absolute Gasteiger partial charge is 0.287 e. The van der Waals surface area contributed by atoms with E-state index >= 15 is 0 Å². The summed E-state index contributed by atoms with van der Waals surface area (Å²) in [7, 11) is 3.55.